The molecule has 6 heteroatoms. The van der Waals surface area contributed by atoms with Gasteiger partial charge in [-0.15, -0.1) is 0 Å². The van der Waals surface area contributed by atoms with E-state index in [4.69, 9.17) is 11.5 Å². The molecule has 0 spiro atoms. The van der Waals surface area contributed by atoms with E-state index in [0.717, 1.165) is 51.0 Å². The van der Waals surface area contributed by atoms with Gasteiger partial charge in [0.05, 0.1) is 0 Å². The first-order valence-electron chi connectivity index (χ1n) is 10.6. The van der Waals surface area contributed by atoms with E-state index >= 15 is 0 Å². The predicted octanol–water partition coefficient (Wildman–Crippen LogP) is 2.62. The van der Waals surface area contributed by atoms with Crippen LogP contribution in [-0.4, -0.2) is 36.3 Å². The minimum absolute atomic E-state index is 0.0107. The van der Waals surface area contributed by atoms with Gasteiger partial charge in [0, 0.05) is 24.6 Å². The number of amides is 2. The highest BCUT2D eigenvalue weighted by Crippen LogP contribution is 2.38. The number of hydrogen-bond donors (Lipinski definition) is 3. The van der Waals surface area contributed by atoms with E-state index in [-0.39, 0.29) is 23.1 Å². The molecule has 3 rings (SSSR count). The molecule has 2 amide bonds. The molecule has 1 aromatic rings. The third-order valence-electron chi connectivity index (χ3n) is 6.49. The molecule has 1 heterocycles. The van der Waals surface area contributed by atoms with Crippen LogP contribution in [0.25, 0.3) is 0 Å². The molecule has 1 aromatic carbocycles. The molecule has 5 N–H and O–H groups in total. The number of carbonyl (C=O) groups excluding carboxylic acids is 2. The largest absolute Gasteiger partial charge is 0.369 e. The number of piperidine rings is 1. The fraction of sp³-hybridized carbons (Fsp3) is 0.636. The third-order valence-corrected chi connectivity index (χ3v) is 6.49. The molecule has 0 radical (unpaired) electrons. The van der Waals surface area contributed by atoms with Crippen LogP contribution in [0.4, 0.5) is 5.69 Å². The van der Waals surface area contributed by atoms with Crippen molar-refractivity contribution in [1.29, 1.82) is 0 Å². The van der Waals surface area contributed by atoms with Gasteiger partial charge in [0.1, 0.15) is 0 Å². The Balaban J connectivity index is 1.53. The number of likely N-dealkylation sites (tertiary alicyclic amines) is 1. The van der Waals surface area contributed by atoms with Crippen molar-refractivity contribution in [2.45, 2.75) is 57.9 Å². The Kier molecular flexibility index (Phi) is 7.08. The van der Waals surface area contributed by atoms with Gasteiger partial charge in [-0.1, -0.05) is 31.4 Å². The number of rotatable bonds is 7. The van der Waals surface area contributed by atoms with Gasteiger partial charge in [-0.3, -0.25) is 14.5 Å². The third kappa shape index (κ3) is 5.55. The van der Waals surface area contributed by atoms with Gasteiger partial charge in [-0.05, 0) is 68.4 Å². The zero-order chi connectivity index (χ0) is 20.0. The maximum absolute atomic E-state index is 12.6. The fourth-order valence-corrected chi connectivity index (χ4v) is 4.68. The summed E-state index contributed by atoms with van der Waals surface area (Å²) in [4.78, 5) is 26.3. The number of nitrogens with one attached hydrogen (secondary N) is 1. The van der Waals surface area contributed by atoms with Crippen LogP contribution >= 0.6 is 0 Å². The van der Waals surface area contributed by atoms with Gasteiger partial charge < -0.3 is 16.8 Å². The van der Waals surface area contributed by atoms with Crippen LogP contribution in [0.1, 0.15) is 56.9 Å². The average Bonchev–Trinajstić information content (AvgIpc) is 2.69. The van der Waals surface area contributed by atoms with Crippen LogP contribution in [0, 0.1) is 11.3 Å². The second-order valence-corrected chi connectivity index (χ2v) is 8.64. The summed E-state index contributed by atoms with van der Waals surface area (Å²) in [6.45, 7) is 3.16. The normalized spacial score (nSPS) is 20.6. The maximum atomic E-state index is 12.6. The van der Waals surface area contributed by atoms with Crippen molar-refractivity contribution in [3.8, 4) is 0 Å². The first kappa shape index (κ1) is 20.8. The van der Waals surface area contributed by atoms with Gasteiger partial charge in [-0.25, -0.2) is 0 Å². The van der Waals surface area contributed by atoms with Crippen LogP contribution in [0.5, 0.6) is 0 Å². The van der Waals surface area contributed by atoms with Crippen molar-refractivity contribution in [3.63, 3.8) is 0 Å². The van der Waals surface area contributed by atoms with Gasteiger partial charge >= 0.3 is 0 Å². The zero-order valence-corrected chi connectivity index (χ0v) is 16.8. The molecule has 2 fully saturated rings. The van der Waals surface area contributed by atoms with E-state index in [1.807, 2.05) is 18.2 Å². The van der Waals surface area contributed by atoms with E-state index in [9.17, 15) is 9.59 Å². The molecule has 1 aliphatic heterocycles. The summed E-state index contributed by atoms with van der Waals surface area (Å²) in [5.41, 5.74) is 13.4. The highest BCUT2D eigenvalue weighted by molar-refractivity contribution is 5.91. The van der Waals surface area contributed by atoms with Gasteiger partial charge in [0.25, 0.3) is 0 Å². The fourth-order valence-electron chi connectivity index (χ4n) is 4.68. The summed E-state index contributed by atoms with van der Waals surface area (Å²) in [6.07, 6.45) is 7.87. The standard InChI is InChI=1S/C22H34N4O2/c23-16-22(9-2-1-3-10-22)14-20(27)25-19-6-4-5-17(13-19)15-26-11-7-18(8-12-26)21(24)28/h4-6,13,18H,1-3,7-12,14-16,23H2,(H2,24,28)(H,25,27). The number of nitrogens with zero attached hydrogens (tertiary/aromatic N) is 1. The van der Waals surface area contributed by atoms with Crippen molar-refractivity contribution < 1.29 is 9.59 Å². The van der Waals surface area contributed by atoms with Crippen molar-refractivity contribution in [2.75, 3.05) is 25.0 Å². The molecular weight excluding hydrogens is 352 g/mol. The van der Waals surface area contributed by atoms with Crippen molar-refractivity contribution in [2.24, 2.45) is 22.8 Å². The molecular formula is C22H34N4O2. The molecule has 2 aliphatic rings. The van der Waals surface area contributed by atoms with Gasteiger partial charge in [0.2, 0.25) is 11.8 Å². The minimum atomic E-state index is -0.183. The highest BCUT2D eigenvalue weighted by Gasteiger charge is 2.33. The maximum Gasteiger partial charge on any atom is 0.224 e. The van der Waals surface area contributed by atoms with Gasteiger partial charge in [0.15, 0.2) is 0 Å². The molecule has 0 bridgehead atoms. The van der Waals surface area contributed by atoms with E-state index in [0.29, 0.717) is 13.0 Å². The number of hydrogen-bond acceptors (Lipinski definition) is 4. The van der Waals surface area contributed by atoms with Crippen LogP contribution in [0.2, 0.25) is 0 Å². The van der Waals surface area contributed by atoms with Crippen molar-refractivity contribution in [3.05, 3.63) is 29.8 Å². The summed E-state index contributed by atoms with van der Waals surface area (Å²) in [5.74, 6) is -0.110. The summed E-state index contributed by atoms with van der Waals surface area (Å²) in [5, 5.41) is 3.07. The first-order chi connectivity index (χ1) is 13.5. The second kappa shape index (κ2) is 9.52. The number of nitrogens with two attached hydrogens (primary N) is 2. The SMILES string of the molecule is NCC1(CC(=O)Nc2cccc(CN3CCC(C(N)=O)CC3)c2)CCCCC1. The Morgan fingerprint density at radius 2 is 1.86 bits per heavy atom. The van der Waals surface area contributed by atoms with Gasteiger partial charge in [-0.2, -0.15) is 0 Å². The van der Waals surface area contributed by atoms with Crippen LogP contribution in [-0.2, 0) is 16.1 Å². The molecule has 1 saturated carbocycles. The number of carbonyl (C=O) groups is 2. The quantitative estimate of drug-likeness (QED) is 0.670. The monoisotopic (exact) mass is 386 g/mol. The molecule has 1 saturated heterocycles. The highest BCUT2D eigenvalue weighted by atomic mass is 16.2. The predicted molar refractivity (Wildman–Crippen MR) is 111 cm³/mol. The summed E-state index contributed by atoms with van der Waals surface area (Å²) >= 11 is 0. The molecule has 1 aliphatic carbocycles. The van der Waals surface area contributed by atoms with Crippen LogP contribution < -0.4 is 16.8 Å². The van der Waals surface area contributed by atoms with E-state index in [1.54, 1.807) is 0 Å². The van der Waals surface area contributed by atoms with E-state index in [2.05, 4.69) is 16.3 Å². The molecule has 154 valence electrons. The van der Waals surface area contributed by atoms with E-state index < -0.39 is 0 Å². The summed E-state index contributed by atoms with van der Waals surface area (Å²) in [6, 6.07) is 8.06. The zero-order valence-electron chi connectivity index (χ0n) is 16.8. The Morgan fingerprint density at radius 1 is 1.14 bits per heavy atom. The lowest BCUT2D eigenvalue weighted by Gasteiger charge is -2.35. The summed E-state index contributed by atoms with van der Waals surface area (Å²) < 4.78 is 0. The topological polar surface area (TPSA) is 101 Å². The smallest absolute Gasteiger partial charge is 0.224 e. The first-order valence-corrected chi connectivity index (χ1v) is 10.6. The Bertz CT molecular complexity index is 677. The average molecular weight is 387 g/mol. The second-order valence-electron chi connectivity index (χ2n) is 8.64. The lowest BCUT2D eigenvalue weighted by molar-refractivity contribution is -0.123. The number of benzene rings is 1. The Hall–Kier alpha value is -1.92. The number of primary amides is 1. The molecule has 6 nitrogen and oxygen atoms in total. The molecule has 28 heavy (non-hydrogen) atoms. The Labute approximate surface area is 168 Å². The van der Waals surface area contributed by atoms with Crippen molar-refractivity contribution in [1.82, 2.24) is 4.90 Å². The molecule has 0 aromatic heterocycles. The van der Waals surface area contributed by atoms with Crippen LogP contribution in [0.15, 0.2) is 24.3 Å². The molecule has 0 unspecified atom stereocenters. The minimum Gasteiger partial charge on any atom is -0.369 e. The lowest BCUT2D eigenvalue weighted by Crippen LogP contribution is -2.38. The molecule has 0 atom stereocenters. The Morgan fingerprint density at radius 3 is 2.50 bits per heavy atom. The lowest BCUT2D eigenvalue weighted by atomic mass is 9.71. The summed E-state index contributed by atoms with van der Waals surface area (Å²) in [7, 11) is 0. The number of anilines is 1. The van der Waals surface area contributed by atoms with Crippen LogP contribution in [0.3, 0.4) is 0 Å². The van der Waals surface area contributed by atoms with E-state index in [1.165, 1.54) is 24.8 Å². The van der Waals surface area contributed by atoms with Crippen molar-refractivity contribution >= 4 is 17.5 Å².